The van der Waals surface area contributed by atoms with Gasteiger partial charge in [0.1, 0.15) is 11.8 Å². The second kappa shape index (κ2) is 5.90. The Hall–Kier alpha value is -1.81. The van der Waals surface area contributed by atoms with E-state index in [0.717, 1.165) is 5.39 Å². The molecule has 0 fully saturated rings. The Kier molecular flexibility index (Phi) is 4.37. The lowest BCUT2D eigenvalue weighted by Gasteiger charge is -2.33. The largest absolute Gasteiger partial charge is 0.463 e. The van der Waals surface area contributed by atoms with Crippen LogP contribution in [-0.2, 0) is 0 Å². The maximum absolute atomic E-state index is 12.3. The number of aliphatic hydroxyl groups is 1. The van der Waals surface area contributed by atoms with Crippen molar-refractivity contribution in [3.63, 3.8) is 0 Å². The molecule has 4 nitrogen and oxygen atoms in total. The molecule has 0 bridgehead atoms. The molecule has 1 heterocycles. The fourth-order valence-electron chi connectivity index (χ4n) is 2.56. The van der Waals surface area contributed by atoms with E-state index >= 15 is 0 Å². The number of amides is 1. The van der Waals surface area contributed by atoms with Crippen LogP contribution in [-0.4, -0.2) is 23.7 Å². The molecule has 0 aliphatic carbocycles. The predicted molar refractivity (Wildman–Crippen MR) is 83.2 cm³/mol. The predicted octanol–water partition coefficient (Wildman–Crippen LogP) is 3.21. The van der Waals surface area contributed by atoms with Gasteiger partial charge in [-0.2, -0.15) is 0 Å². The number of benzene rings is 1. The minimum Gasteiger partial charge on any atom is -0.463 e. The van der Waals surface area contributed by atoms with E-state index < -0.39 is 6.10 Å². The first-order valence-corrected chi connectivity index (χ1v) is 7.25. The SMILES string of the molecule is CC(C)C(O)C(C)(C)CNC(=O)c1coc2ccccc12. The molecular weight excluding hydrogens is 266 g/mol. The van der Waals surface area contributed by atoms with Crippen LogP contribution in [0.1, 0.15) is 38.1 Å². The van der Waals surface area contributed by atoms with E-state index in [9.17, 15) is 9.90 Å². The van der Waals surface area contributed by atoms with Crippen LogP contribution in [0.4, 0.5) is 0 Å². The zero-order valence-corrected chi connectivity index (χ0v) is 13.0. The highest BCUT2D eigenvalue weighted by Crippen LogP contribution is 2.26. The van der Waals surface area contributed by atoms with E-state index in [1.807, 2.05) is 52.0 Å². The number of hydrogen-bond donors (Lipinski definition) is 2. The average molecular weight is 289 g/mol. The number of carbonyl (C=O) groups is 1. The summed E-state index contributed by atoms with van der Waals surface area (Å²) in [5, 5.41) is 13.9. The normalized spacial score (nSPS) is 13.6. The van der Waals surface area contributed by atoms with Gasteiger partial charge in [0.05, 0.1) is 11.7 Å². The number of hydrogen-bond acceptors (Lipinski definition) is 3. The lowest BCUT2D eigenvalue weighted by Crippen LogP contribution is -2.43. The minimum atomic E-state index is -0.473. The highest BCUT2D eigenvalue weighted by Gasteiger charge is 2.30. The number of rotatable bonds is 5. The van der Waals surface area contributed by atoms with Crippen molar-refractivity contribution in [2.24, 2.45) is 11.3 Å². The van der Waals surface area contributed by atoms with Crippen molar-refractivity contribution in [2.45, 2.75) is 33.8 Å². The van der Waals surface area contributed by atoms with Crippen LogP contribution in [0.5, 0.6) is 0 Å². The molecule has 1 amide bonds. The fourth-order valence-corrected chi connectivity index (χ4v) is 2.56. The summed E-state index contributed by atoms with van der Waals surface area (Å²) < 4.78 is 5.38. The van der Waals surface area contributed by atoms with Gasteiger partial charge in [-0.25, -0.2) is 0 Å². The Bertz CT molecular complexity index is 628. The molecule has 21 heavy (non-hydrogen) atoms. The summed E-state index contributed by atoms with van der Waals surface area (Å²) >= 11 is 0. The summed E-state index contributed by atoms with van der Waals surface area (Å²) in [5.41, 5.74) is 0.841. The number of nitrogens with one attached hydrogen (secondary N) is 1. The third-order valence-corrected chi connectivity index (χ3v) is 3.86. The van der Waals surface area contributed by atoms with Gasteiger partial charge in [0, 0.05) is 17.3 Å². The first kappa shape index (κ1) is 15.6. The van der Waals surface area contributed by atoms with Crippen LogP contribution in [0, 0.1) is 11.3 Å². The first-order chi connectivity index (χ1) is 9.83. The maximum atomic E-state index is 12.3. The third-order valence-electron chi connectivity index (χ3n) is 3.86. The smallest absolute Gasteiger partial charge is 0.255 e. The Morgan fingerprint density at radius 2 is 2.00 bits per heavy atom. The van der Waals surface area contributed by atoms with Gasteiger partial charge in [0.15, 0.2) is 0 Å². The van der Waals surface area contributed by atoms with Crippen molar-refractivity contribution in [2.75, 3.05) is 6.54 Å². The number of aliphatic hydroxyl groups excluding tert-OH is 1. The van der Waals surface area contributed by atoms with Crippen LogP contribution < -0.4 is 5.32 Å². The third kappa shape index (κ3) is 3.27. The molecule has 4 heteroatoms. The second-order valence-corrected chi connectivity index (χ2v) is 6.51. The molecule has 2 rings (SSSR count). The zero-order valence-electron chi connectivity index (χ0n) is 13.0. The molecule has 2 N–H and O–H groups in total. The topological polar surface area (TPSA) is 62.5 Å². The van der Waals surface area contributed by atoms with Gasteiger partial charge in [0.25, 0.3) is 5.91 Å². The number of fused-ring (bicyclic) bond motifs is 1. The Labute approximate surface area is 125 Å². The van der Waals surface area contributed by atoms with E-state index in [0.29, 0.717) is 17.7 Å². The van der Waals surface area contributed by atoms with Gasteiger partial charge in [0.2, 0.25) is 0 Å². The van der Waals surface area contributed by atoms with Crippen molar-refractivity contribution in [1.82, 2.24) is 5.32 Å². The van der Waals surface area contributed by atoms with Crippen molar-refractivity contribution >= 4 is 16.9 Å². The quantitative estimate of drug-likeness (QED) is 0.888. The summed E-state index contributed by atoms with van der Waals surface area (Å²) in [6.07, 6.45) is 1.00. The lowest BCUT2D eigenvalue weighted by molar-refractivity contribution is 0.0138. The summed E-state index contributed by atoms with van der Waals surface area (Å²) in [6.45, 7) is 8.25. The fraction of sp³-hybridized carbons (Fsp3) is 0.471. The van der Waals surface area contributed by atoms with Crippen LogP contribution in [0.2, 0.25) is 0 Å². The molecule has 2 aromatic rings. The van der Waals surface area contributed by atoms with Gasteiger partial charge in [-0.1, -0.05) is 45.9 Å². The van der Waals surface area contributed by atoms with Crippen LogP contribution in [0.25, 0.3) is 11.0 Å². The Morgan fingerprint density at radius 3 is 2.67 bits per heavy atom. The van der Waals surface area contributed by atoms with Gasteiger partial charge < -0.3 is 14.8 Å². The maximum Gasteiger partial charge on any atom is 0.255 e. The Morgan fingerprint density at radius 1 is 1.33 bits per heavy atom. The molecule has 114 valence electrons. The number of para-hydroxylation sites is 1. The molecule has 0 aliphatic heterocycles. The number of carbonyl (C=O) groups excluding carboxylic acids is 1. The summed E-state index contributed by atoms with van der Waals surface area (Å²) in [7, 11) is 0. The minimum absolute atomic E-state index is 0.145. The lowest BCUT2D eigenvalue weighted by atomic mass is 9.80. The molecule has 0 aliphatic rings. The molecule has 1 unspecified atom stereocenters. The van der Waals surface area contributed by atoms with E-state index in [2.05, 4.69) is 5.32 Å². The molecule has 1 atom stereocenters. The molecule has 0 spiro atoms. The molecule has 1 aromatic heterocycles. The van der Waals surface area contributed by atoms with Crippen LogP contribution >= 0.6 is 0 Å². The standard InChI is InChI=1S/C17H23NO3/c1-11(2)15(19)17(3,4)10-18-16(20)13-9-21-14-8-6-5-7-12(13)14/h5-9,11,15,19H,10H2,1-4H3,(H,18,20). The van der Waals surface area contributed by atoms with Gasteiger partial charge in [-0.3, -0.25) is 4.79 Å². The summed E-state index contributed by atoms with van der Waals surface area (Å²) in [6, 6.07) is 7.44. The average Bonchev–Trinajstić information content (AvgIpc) is 2.88. The first-order valence-electron chi connectivity index (χ1n) is 7.25. The Balaban J connectivity index is 2.09. The highest BCUT2D eigenvalue weighted by molar-refractivity contribution is 6.05. The molecular formula is C17H23NO3. The zero-order chi connectivity index (χ0) is 15.6. The monoisotopic (exact) mass is 289 g/mol. The molecule has 0 saturated carbocycles. The number of furan rings is 1. The van der Waals surface area contributed by atoms with Crippen molar-refractivity contribution in [1.29, 1.82) is 0 Å². The second-order valence-electron chi connectivity index (χ2n) is 6.51. The van der Waals surface area contributed by atoms with Gasteiger partial charge in [-0.05, 0) is 12.0 Å². The summed E-state index contributed by atoms with van der Waals surface area (Å²) in [5.74, 6) is -0.0318. The van der Waals surface area contributed by atoms with Gasteiger partial charge >= 0.3 is 0 Å². The van der Waals surface area contributed by atoms with E-state index in [4.69, 9.17) is 4.42 Å². The van der Waals surface area contributed by atoms with Crippen molar-refractivity contribution in [3.8, 4) is 0 Å². The van der Waals surface area contributed by atoms with Crippen molar-refractivity contribution < 1.29 is 14.3 Å². The van der Waals surface area contributed by atoms with Crippen molar-refractivity contribution in [3.05, 3.63) is 36.1 Å². The van der Waals surface area contributed by atoms with Gasteiger partial charge in [-0.15, -0.1) is 0 Å². The molecule has 1 aromatic carbocycles. The highest BCUT2D eigenvalue weighted by atomic mass is 16.3. The summed E-state index contributed by atoms with van der Waals surface area (Å²) in [4.78, 5) is 12.3. The molecule has 0 radical (unpaired) electrons. The molecule has 0 saturated heterocycles. The van der Waals surface area contributed by atoms with Crippen LogP contribution in [0.15, 0.2) is 34.9 Å². The van der Waals surface area contributed by atoms with E-state index in [1.54, 1.807) is 0 Å². The van der Waals surface area contributed by atoms with E-state index in [-0.39, 0.29) is 17.2 Å². The van der Waals surface area contributed by atoms with Crippen LogP contribution in [0.3, 0.4) is 0 Å². The van der Waals surface area contributed by atoms with E-state index in [1.165, 1.54) is 6.26 Å².